The fourth-order valence-corrected chi connectivity index (χ4v) is 4.15. The molecule has 6 nitrogen and oxygen atoms in total. The van der Waals surface area contributed by atoms with Crippen LogP contribution in [0.15, 0.2) is 59.5 Å². The van der Waals surface area contributed by atoms with Crippen molar-refractivity contribution in [2.75, 3.05) is 19.0 Å². The van der Waals surface area contributed by atoms with Gasteiger partial charge >= 0.3 is 5.97 Å². The average molecular weight is 461 g/mol. The number of hydrogen-bond donors (Lipinski definition) is 1. The molecule has 0 unspecified atom stereocenters. The quantitative estimate of drug-likeness (QED) is 0.264. The second-order valence-corrected chi connectivity index (χ2v) is 7.90. The van der Waals surface area contributed by atoms with E-state index in [-0.39, 0.29) is 11.1 Å². The SMILES string of the molecule is CCOc1ccc(/C=C(\C#N)C(=O)Nc2scc(-c3ccc(CC)cc3)c2C(=O)OC)cc1. The lowest BCUT2D eigenvalue weighted by Gasteiger charge is -2.08. The predicted octanol–water partition coefficient (Wildman–Crippen LogP) is 5.71. The van der Waals surface area contributed by atoms with E-state index in [0.717, 1.165) is 12.0 Å². The lowest BCUT2D eigenvalue weighted by Crippen LogP contribution is -2.15. The minimum atomic E-state index is -0.605. The number of aryl methyl sites for hydroxylation is 1. The van der Waals surface area contributed by atoms with Crippen molar-refractivity contribution in [1.82, 2.24) is 0 Å². The number of hydrogen-bond acceptors (Lipinski definition) is 6. The van der Waals surface area contributed by atoms with Gasteiger partial charge in [-0.05, 0) is 48.2 Å². The number of methoxy groups -OCH3 is 1. The fraction of sp³-hybridized carbons (Fsp3) is 0.192. The van der Waals surface area contributed by atoms with Crippen molar-refractivity contribution in [3.63, 3.8) is 0 Å². The number of ether oxygens (including phenoxy) is 2. The molecule has 0 aliphatic rings. The molecule has 33 heavy (non-hydrogen) atoms. The molecule has 0 saturated carbocycles. The van der Waals surface area contributed by atoms with Crippen LogP contribution < -0.4 is 10.1 Å². The minimum Gasteiger partial charge on any atom is -0.494 e. The van der Waals surface area contributed by atoms with Crippen LogP contribution in [0.1, 0.15) is 35.3 Å². The maximum atomic E-state index is 12.8. The fourth-order valence-electron chi connectivity index (χ4n) is 3.20. The standard InChI is InChI=1S/C26H24N2O4S/c1-4-17-6-10-19(11-7-17)22-16-33-25(23(22)26(30)31-3)28-24(29)20(15-27)14-18-8-12-21(13-9-18)32-5-2/h6-14,16H,4-5H2,1-3H3,(H,28,29)/b20-14+. The molecule has 0 bridgehead atoms. The third kappa shape index (κ3) is 5.68. The number of anilines is 1. The van der Waals surface area contributed by atoms with E-state index in [1.165, 1.54) is 30.1 Å². The molecule has 0 aliphatic heterocycles. The van der Waals surface area contributed by atoms with Crippen LogP contribution in [0.4, 0.5) is 5.00 Å². The Kier molecular flexibility index (Phi) is 8.01. The Hall–Kier alpha value is -3.89. The summed E-state index contributed by atoms with van der Waals surface area (Å²) in [6.07, 6.45) is 2.40. The summed E-state index contributed by atoms with van der Waals surface area (Å²) in [5.74, 6) is -0.459. The maximum Gasteiger partial charge on any atom is 0.341 e. The van der Waals surface area contributed by atoms with E-state index >= 15 is 0 Å². The number of amides is 1. The molecule has 7 heteroatoms. The molecule has 1 aromatic heterocycles. The topological polar surface area (TPSA) is 88.4 Å². The zero-order chi connectivity index (χ0) is 23.8. The molecule has 3 aromatic rings. The molecule has 0 fully saturated rings. The second kappa shape index (κ2) is 11.1. The zero-order valence-electron chi connectivity index (χ0n) is 18.7. The van der Waals surface area contributed by atoms with Crippen molar-refractivity contribution in [2.45, 2.75) is 20.3 Å². The number of carbonyl (C=O) groups is 2. The van der Waals surface area contributed by atoms with Crippen molar-refractivity contribution >= 4 is 34.3 Å². The molecule has 168 valence electrons. The van der Waals surface area contributed by atoms with Gasteiger partial charge in [0.25, 0.3) is 5.91 Å². The lowest BCUT2D eigenvalue weighted by molar-refractivity contribution is -0.112. The first kappa shape index (κ1) is 23.8. The monoisotopic (exact) mass is 460 g/mol. The minimum absolute atomic E-state index is 0.0859. The van der Waals surface area contributed by atoms with Gasteiger partial charge in [-0.2, -0.15) is 5.26 Å². The number of nitriles is 1. The number of esters is 1. The summed E-state index contributed by atoms with van der Waals surface area (Å²) in [7, 11) is 1.29. The Morgan fingerprint density at radius 3 is 2.36 bits per heavy atom. The highest BCUT2D eigenvalue weighted by molar-refractivity contribution is 7.15. The van der Waals surface area contributed by atoms with Crippen LogP contribution in [0.5, 0.6) is 5.75 Å². The molecule has 2 aromatic carbocycles. The van der Waals surface area contributed by atoms with Crippen LogP contribution in [-0.4, -0.2) is 25.6 Å². The van der Waals surface area contributed by atoms with Gasteiger partial charge in [-0.3, -0.25) is 4.79 Å². The predicted molar refractivity (Wildman–Crippen MR) is 130 cm³/mol. The van der Waals surface area contributed by atoms with Crippen molar-refractivity contribution in [3.05, 3.63) is 76.2 Å². The first-order valence-corrected chi connectivity index (χ1v) is 11.3. The van der Waals surface area contributed by atoms with Crippen molar-refractivity contribution < 1.29 is 19.1 Å². The summed E-state index contributed by atoms with van der Waals surface area (Å²) in [6, 6.07) is 16.9. The van der Waals surface area contributed by atoms with Crippen molar-refractivity contribution in [1.29, 1.82) is 5.26 Å². The van der Waals surface area contributed by atoms with E-state index in [2.05, 4.69) is 12.2 Å². The molecular weight excluding hydrogens is 436 g/mol. The summed E-state index contributed by atoms with van der Waals surface area (Å²) in [6.45, 7) is 4.51. The van der Waals surface area contributed by atoms with E-state index < -0.39 is 11.9 Å². The van der Waals surface area contributed by atoms with Crippen LogP contribution in [0.25, 0.3) is 17.2 Å². The van der Waals surface area contributed by atoms with E-state index in [1.54, 1.807) is 29.6 Å². The number of nitrogens with zero attached hydrogens (tertiary/aromatic N) is 1. The van der Waals surface area contributed by atoms with Crippen LogP contribution >= 0.6 is 11.3 Å². The normalized spacial score (nSPS) is 10.9. The first-order valence-electron chi connectivity index (χ1n) is 10.5. The van der Waals surface area contributed by atoms with Gasteiger partial charge in [0.05, 0.1) is 13.7 Å². The van der Waals surface area contributed by atoms with Gasteiger partial charge in [-0.1, -0.05) is 43.3 Å². The number of rotatable bonds is 8. The lowest BCUT2D eigenvalue weighted by atomic mass is 10.0. The van der Waals surface area contributed by atoms with Crippen LogP contribution in [0, 0.1) is 11.3 Å². The van der Waals surface area contributed by atoms with Gasteiger partial charge in [-0.15, -0.1) is 11.3 Å². The average Bonchev–Trinajstić information content (AvgIpc) is 3.26. The highest BCUT2D eigenvalue weighted by atomic mass is 32.1. The molecule has 0 aliphatic carbocycles. The van der Waals surface area contributed by atoms with Gasteiger partial charge in [0.2, 0.25) is 0 Å². The number of benzene rings is 2. The molecule has 0 spiro atoms. The van der Waals surface area contributed by atoms with Crippen LogP contribution in [0.2, 0.25) is 0 Å². The Bertz CT molecular complexity index is 1200. The highest BCUT2D eigenvalue weighted by Crippen LogP contribution is 2.36. The summed E-state index contributed by atoms with van der Waals surface area (Å²) in [5, 5.41) is 14.4. The molecule has 1 heterocycles. The summed E-state index contributed by atoms with van der Waals surface area (Å²) in [4.78, 5) is 25.4. The third-order valence-electron chi connectivity index (χ3n) is 4.95. The zero-order valence-corrected chi connectivity index (χ0v) is 19.5. The van der Waals surface area contributed by atoms with E-state index in [9.17, 15) is 14.9 Å². The maximum absolute atomic E-state index is 12.8. The Morgan fingerprint density at radius 1 is 1.09 bits per heavy atom. The largest absolute Gasteiger partial charge is 0.494 e. The summed E-state index contributed by atoms with van der Waals surface area (Å²) >= 11 is 1.21. The van der Waals surface area contributed by atoms with E-state index in [1.807, 2.05) is 37.3 Å². The second-order valence-electron chi connectivity index (χ2n) is 7.02. The third-order valence-corrected chi connectivity index (χ3v) is 5.84. The molecule has 0 atom stereocenters. The smallest absolute Gasteiger partial charge is 0.341 e. The Morgan fingerprint density at radius 2 is 1.79 bits per heavy atom. The van der Waals surface area contributed by atoms with Gasteiger partial charge in [-0.25, -0.2) is 4.79 Å². The molecule has 1 amide bonds. The summed E-state index contributed by atoms with van der Waals surface area (Å²) in [5.41, 5.74) is 3.55. The molecule has 0 saturated heterocycles. The summed E-state index contributed by atoms with van der Waals surface area (Å²) < 4.78 is 10.4. The molecule has 1 N–H and O–H groups in total. The van der Waals surface area contributed by atoms with E-state index in [4.69, 9.17) is 9.47 Å². The molecule has 3 rings (SSSR count). The molecular formula is C26H24N2O4S. The number of carbonyl (C=O) groups excluding carboxylic acids is 2. The van der Waals surface area contributed by atoms with Crippen LogP contribution in [-0.2, 0) is 16.0 Å². The Balaban J connectivity index is 1.89. The molecule has 0 radical (unpaired) electrons. The van der Waals surface area contributed by atoms with Crippen molar-refractivity contribution in [3.8, 4) is 22.9 Å². The van der Waals surface area contributed by atoms with E-state index in [0.29, 0.717) is 28.5 Å². The van der Waals surface area contributed by atoms with Gasteiger partial charge in [0.1, 0.15) is 28.0 Å². The van der Waals surface area contributed by atoms with Gasteiger partial charge in [0, 0.05) is 10.9 Å². The highest BCUT2D eigenvalue weighted by Gasteiger charge is 2.23. The van der Waals surface area contributed by atoms with Gasteiger partial charge in [0.15, 0.2) is 0 Å². The van der Waals surface area contributed by atoms with Gasteiger partial charge < -0.3 is 14.8 Å². The first-order chi connectivity index (χ1) is 16.0. The number of nitrogens with one attached hydrogen (secondary N) is 1. The number of thiophene rings is 1. The van der Waals surface area contributed by atoms with Crippen LogP contribution in [0.3, 0.4) is 0 Å². The van der Waals surface area contributed by atoms with Crippen molar-refractivity contribution in [2.24, 2.45) is 0 Å². The Labute approximate surface area is 197 Å².